The predicted octanol–water partition coefficient (Wildman–Crippen LogP) is 2.36. The first-order valence-electron chi connectivity index (χ1n) is 6.29. The van der Waals surface area contributed by atoms with Crippen molar-refractivity contribution >= 4 is 17.2 Å². The smallest absolute Gasteiger partial charge is 0.261 e. The Labute approximate surface area is 122 Å². The Balaban J connectivity index is 1.93. The highest BCUT2D eigenvalue weighted by atomic mass is 32.1. The van der Waals surface area contributed by atoms with Crippen molar-refractivity contribution in [2.45, 2.75) is 12.7 Å². The van der Waals surface area contributed by atoms with E-state index in [2.05, 4.69) is 5.32 Å². The van der Waals surface area contributed by atoms with E-state index in [4.69, 9.17) is 4.74 Å². The molecular weight excluding hydrogens is 274 g/mol. The normalized spacial score (nSPS) is 12.1. The van der Waals surface area contributed by atoms with Crippen LogP contribution in [-0.2, 0) is 11.3 Å². The molecule has 2 N–H and O–H groups in total. The molecule has 1 amide bonds. The fourth-order valence-corrected chi connectivity index (χ4v) is 2.69. The van der Waals surface area contributed by atoms with Crippen LogP contribution >= 0.6 is 11.3 Å². The van der Waals surface area contributed by atoms with Gasteiger partial charge in [0.15, 0.2) is 0 Å². The number of amides is 1. The SMILES string of the molecule is COCc1ccsc1C(=O)NCC(O)c1ccccc1. The van der Waals surface area contributed by atoms with Crippen molar-refractivity contribution in [3.63, 3.8) is 0 Å². The maximum atomic E-state index is 12.1. The van der Waals surface area contributed by atoms with E-state index in [9.17, 15) is 9.90 Å². The molecule has 0 spiro atoms. The summed E-state index contributed by atoms with van der Waals surface area (Å²) in [6, 6.07) is 11.1. The molecule has 4 nitrogen and oxygen atoms in total. The Hall–Kier alpha value is -1.69. The van der Waals surface area contributed by atoms with Crippen molar-refractivity contribution in [1.29, 1.82) is 0 Å². The third-order valence-corrected chi connectivity index (χ3v) is 3.85. The molecule has 5 heteroatoms. The Bertz CT molecular complexity index is 553. The van der Waals surface area contributed by atoms with Crippen LogP contribution in [0.3, 0.4) is 0 Å². The number of rotatable bonds is 6. The van der Waals surface area contributed by atoms with Gasteiger partial charge in [0, 0.05) is 19.2 Å². The van der Waals surface area contributed by atoms with E-state index in [1.807, 2.05) is 41.8 Å². The minimum absolute atomic E-state index is 0.179. The fraction of sp³-hybridized carbons (Fsp3) is 0.267. The van der Waals surface area contributed by atoms with Gasteiger partial charge in [0.1, 0.15) is 0 Å². The van der Waals surface area contributed by atoms with Crippen LogP contribution in [0.15, 0.2) is 41.8 Å². The lowest BCUT2D eigenvalue weighted by Crippen LogP contribution is -2.28. The number of carbonyl (C=O) groups excluding carboxylic acids is 1. The van der Waals surface area contributed by atoms with Crippen LogP contribution in [0.1, 0.15) is 26.9 Å². The summed E-state index contributed by atoms with van der Waals surface area (Å²) >= 11 is 1.37. The Morgan fingerprint density at radius 2 is 2.10 bits per heavy atom. The number of ether oxygens (including phenoxy) is 1. The van der Waals surface area contributed by atoms with E-state index >= 15 is 0 Å². The van der Waals surface area contributed by atoms with Crippen LogP contribution in [0.25, 0.3) is 0 Å². The average Bonchev–Trinajstić information content (AvgIpc) is 2.94. The van der Waals surface area contributed by atoms with Gasteiger partial charge in [-0.3, -0.25) is 4.79 Å². The zero-order valence-corrected chi connectivity index (χ0v) is 12.0. The molecule has 0 aliphatic heterocycles. The van der Waals surface area contributed by atoms with Crippen molar-refractivity contribution in [3.05, 3.63) is 57.8 Å². The Morgan fingerprint density at radius 3 is 2.80 bits per heavy atom. The number of hydrogen-bond acceptors (Lipinski definition) is 4. The third kappa shape index (κ3) is 3.66. The van der Waals surface area contributed by atoms with Crippen molar-refractivity contribution in [2.24, 2.45) is 0 Å². The molecular formula is C15H17NO3S. The highest BCUT2D eigenvalue weighted by Crippen LogP contribution is 2.18. The zero-order chi connectivity index (χ0) is 14.4. The highest BCUT2D eigenvalue weighted by molar-refractivity contribution is 7.12. The van der Waals surface area contributed by atoms with E-state index in [1.165, 1.54) is 11.3 Å². The summed E-state index contributed by atoms with van der Waals surface area (Å²) in [5, 5.41) is 14.6. The fourth-order valence-electron chi connectivity index (χ4n) is 1.87. The Kier molecular flexibility index (Phi) is 5.29. The number of methoxy groups -OCH3 is 1. The van der Waals surface area contributed by atoms with E-state index in [-0.39, 0.29) is 12.5 Å². The van der Waals surface area contributed by atoms with Gasteiger partial charge < -0.3 is 15.2 Å². The highest BCUT2D eigenvalue weighted by Gasteiger charge is 2.14. The number of aliphatic hydroxyl groups excluding tert-OH is 1. The quantitative estimate of drug-likeness (QED) is 0.859. The summed E-state index contributed by atoms with van der Waals surface area (Å²) in [7, 11) is 1.60. The number of nitrogens with one attached hydrogen (secondary N) is 1. The van der Waals surface area contributed by atoms with Crippen LogP contribution in [0.2, 0.25) is 0 Å². The molecule has 20 heavy (non-hydrogen) atoms. The molecule has 1 heterocycles. The summed E-state index contributed by atoms with van der Waals surface area (Å²) in [6.07, 6.45) is -0.703. The predicted molar refractivity (Wildman–Crippen MR) is 78.8 cm³/mol. The van der Waals surface area contributed by atoms with Gasteiger partial charge in [-0.25, -0.2) is 0 Å². The van der Waals surface area contributed by atoms with Gasteiger partial charge in [0.25, 0.3) is 5.91 Å². The molecule has 1 aromatic carbocycles. The molecule has 1 aromatic heterocycles. The minimum atomic E-state index is -0.703. The van der Waals surface area contributed by atoms with Crippen LogP contribution in [0, 0.1) is 0 Å². The van der Waals surface area contributed by atoms with Crippen LogP contribution in [0.4, 0.5) is 0 Å². The molecule has 106 valence electrons. The monoisotopic (exact) mass is 291 g/mol. The van der Waals surface area contributed by atoms with Gasteiger partial charge in [-0.05, 0) is 17.0 Å². The second-order valence-corrected chi connectivity index (χ2v) is 5.26. The number of thiophene rings is 1. The van der Waals surface area contributed by atoms with Crippen molar-refractivity contribution in [2.75, 3.05) is 13.7 Å². The number of aliphatic hydroxyl groups is 1. The summed E-state index contributed by atoms with van der Waals surface area (Å²) in [6.45, 7) is 0.598. The van der Waals surface area contributed by atoms with E-state index in [0.717, 1.165) is 11.1 Å². The molecule has 0 radical (unpaired) electrons. The van der Waals surface area contributed by atoms with E-state index in [0.29, 0.717) is 11.5 Å². The molecule has 0 bridgehead atoms. The second-order valence-electron chi connectivity index (χ2n) is 4.34. The Morgan fingerprint density at radius 1 is 1.35 bits per heavy atom. The molecule has 2 aromatic rings. The standard InChI is InChI=1S/C15H17NO3S/c1-19-10-12-7-8-20-14(12)15(18)16-9-13(17)11-5-3-2-4-6-11/h2-8,13,17H,9-10H2,1H3,(H,16,18). The molecule has 0 fully saturated rings. The summed E-state index contributed by atoms with van der Waals surface area (Å²) in [5.41, 5.74) is 1.65. The molecule has 0 aliphatic rings. The first kappa shape index (κ1) is 14.7. The van der Waals surface area contributed by atoms with Crippen molar-refractivity contribution in [3.8, 4) is 0 Å². The van der Waals surface area contributed by atoms with Gasteiger partial charge in [0.05, 0.1) is 17.6 Å². The third-order valence-electron chi connectivity index (χ3n) is 2.89. The van der Waals surface area contributed by atoms with Crippen LogP contribution in [-0.4, -0.2) is 24.7 Å². The number of carbonyl (C=O) groups is 1. The second kappa shape index (κ2) is 7.19. The first-order valence-corrected chi connectivity index (χ1v) is 7.17. The summed E-state index contributed by atoms with van der Waals surface area (Å²) < 4.78 is 5.05. The lowest BCUT2D eigenvalue weighted by molar-refractivity contribution is 0.0916. The van der Waals surface area contributed by atoms with Crippen LogP contribution in [0.5, 0.6) is 0 Å². The van der Waals surface area contributed by atoms with E-state index in [1.54, 1.807) is 7.11 Å². The molecule has 2 rings (SSSR count). The van der Waals surface area contributed by atoms with Crippen molar-refractivity contribution < 1.29 is 14.6 Å². The molecule has 1 atom stereocenters. The minimum Gasteiger partial charge on any atom is -0.387 e. The number of benzene rings is 1. The van der Waals surface area contributed by atoms with Crippen LogP contribution < -0.4 is 5.32 Å². The molecule has 0 saturated carbocycles. The molecule has 1 unspecified atom stereocenters. The van der Waals surface area contributed by atoms with Gasteiger partial charge >= 0.3 is 0 Å². The van der Waals surface area contributed by atoms with Gasteiger partial charge in [-0.15, -0.1) is 11.3 Å². The summed E-state index contributed by atoms with van der Waals surface area (Å²) in [4.78, 5) is 12.7. The first-order chi connectivity index (χ1) is 9.72. The molecule has 0 aliphatic carbocycles. The lowest BCUT2D eigenvalue weighted by Gasteiger charge is -2.12. The maximum Gasteiger partial charge on any atom is 0.261 e. The van der Waals surface area contributed by atoms with Crippen molar-refractivity contribution in [1.82, 2.24) is 5.32 Å². The topological polar surface area (TPSA) is 58.6 Å². The van der Waals surface area contributed by atoms with E-state index < -0.39 is 6.10 Å². The average molecular weight is 291 g/mol. The lowest BCUT2D eigenvalue weighted by atomic mass is 10.1. The zero-order valence-electron chi connectivity index (χ0n) is 11.2. The van der Waals surface area contributed by atoms with Gasteiger partial charge in [-0.1, -0.05) is 30.3 Å². The van der Waals surface area contributed by atoms with Gasteiger partial charge in [0.2, 0.25) is 0 Å². The maximum absolute atomic E-state index is 12.1. The summed E-state index contributed by atoms with van der Waals surface area (Å²) in [5.74, 6) is -0.179. The number of hydrogen-bond donors (Lipinski definition) is 2. The largest absolute Gasteiger partial charge is 0.387 e. The van der Waals surface area contributed by atoms with Gasteiger partial charge in [-0.2, -0.15) is 0 Å². The molecule has 0 saturated heterocycles.